The predicted molar refractivity (Wildman–Crippen MR) is 125 cm³/mol. The molecule has 0 atom stereocenters. The second-order valence-corrected chi connectivity index (χ2v) is 7.10. The van der Waals surface area contributed by atoms with Gasteiger partial charge >= 0.3 is 0 Å². The third-order valence-electron chi connectivity index (χ3n) is 5.13. The fourth-order valence-electron chi connectivity index (χ4n) is 3.48. The number of hydrogen-bond acceptors (Lipinski definition) is 3. The minimum Gasteiger partial charge on any atom is -0.497 e. The van der Waals surface area contributed by atoms with E-state index in [1.807, 2.05) is 54.6 Å². The van der Waals surface area contributed by atoms with Crippen LogP contribution in [0.4, 0.5) is 4.39 Å². The van der Waals surface area contributed by atoms with Crippen molar-refractivity contribution < 1.29 is 13.9 Å². The van der Waals surface area contributed by atoms with Gasteiger partial charge in [0.05, 0.1) is 7.11 Å². The maximum Gasteiger partial charge on any atom is 0.129 e. The van der Waals surface area contributed by atoms with Gasteiger partial charge in [-0.3, -0.25) is 0 Å². The van der Waals surface area contributed by atoms with Gasteiger partial charge in [-0.1, -0.05) is 60.7 Å². The standard InChI is InChI=1S/C26H24FNO2.ClH/c1-29-22-13-10-19(11-14-22)16-28-17-24-23-8-4-2-6-20(23)12-15-26(24)30-18-21-7-3-5-9-25(21)27;/h2-15,28H,16-18H2,1H3;1H. The molecule has 0 amide bonds. The molecule has 0 aliphatic heterocycles. The lowest BCUT2D eigenvalue weighted by atomic mass is 10.0. The van der Waals surface area contributed by atoms with Crippen LogP contribution in [0.15, 0.2) is 84.9 Å². The molecule has 0 bridgehead atoms. The van der Waals surface area contributed by atoms with Gasteiger partial charge in [0.1, 0.15) is 23.9 Å². The molecule has 5 heteroatoms. The number of ether oxygens (including phenoxy) is 2. The maximum atomic E-state index is 14.0. The molecule has 0 radical (unpaired) electrons. The number of benzene rings is 4. The molecular weight excluding hydrogens is 413 g/mol. The van der Waals surface area contributed by atoms with E-state index in [1.54, 1.807) is 19.2 Å². The Morgan fingerprint density at radius 1 is 0.806 bits per heavy atom. The van der Waals surface area contributed by atoms with E-state index < -0.39 is 0 Å². The quantitative estimate of drug-likeness (QED) is 0.352. The van der Waals surface area contributed by atoms with Crippen LogP contribution in [0.25, 0.3) is 10.8 Å². The Morgan fingerprint density at radius 2 is 1.55 bits per heavy atom. The molecule has 0 aromatic heterocycles. The molecule has 0 saturated heterocycles. The highest BCUT2D eigenvalue weighted by molar-refractivity contribution is 5.87. The van der Waals surface area contributed by atoms with Crippen molar-refractivity contribution in [1.29, 1.82) is 0 Å². The van der Waals surface area contributed by atoms with Crippen LogP contribution in [0, 0.1) is 5.82 Å². The molecule has 4 aromatic rings. The van der Waals surface area contributed by atoms with Crippen LogP contribution in [-0.4, -0.2) is 7.11 Å². The van der Waals surface area contributed by atoms with Crippen molar-refractivity contribution in [3.8, 4) is 11.5 Å². The topological polar surface area (TPSA) is 30.5 Å². The number of nitrogens with one attached hydrogen (secondary N) is 1. The Balaban J connectivity index is 0.00000272. The highest BCUT2D eigenvalue weighted by Crippen LogP contribution is 2.29. The van der Waals surface area contributed by atoms with Crippen LogP contribution in [0.1, 0.15) is 16.7 Å². The van der Waals surface area contributed by atoms with Gasteiger partial charge in [0.15, 0.2) is 0 Å². The van der Waals surface area contributed by atoms with Gasteiger partial charge in [-0.15, -0.1) is 12.4 Å². The van der Waals surface area contributed by atoms with Crippen molar-refractivity contribution in [1.82, 2.24) is 5.32 Å². The molecule has 0 unspecified atom stereocenters. The second kappa shape index (κ2) is 10.8. The van der Waals surface area contributed by atoms with Crippen LogP contribution in [0.5, 0.6) is 11.5 Å². The normalized spacial score (nSPS) is 10.5. The lowest BCUT2D eigenvalue weighted by molar-refractivity contribution is 0.296. The van der Waals surface area contributed by atoms with E-state index in [-0.39, 0.29) is 24.8 Å². The predicted octanol–water partition coefficient (Wildman–Crippen LogP) is 6.28. The van der Waals surface area contributed by atoms with Crippen molar-refractivity contribution in [2.45, 2.75) is 19.7 Å². The molecular formula is C26H25ClFNO2. The summed E-state index contributed by atoms with van der Waals surface area (Å²) in [7, 11) is 1.66. The third-order valence-corrected chi connectivity index (χ3v) is 5.13. The van der Waals surface area contributed by atoms with Gasteiger partial charge in [0, 0.05) is 24.2 Å². The van der Waals surface area contributed by atoms with E-state index in [0.717, 1.165) is 34.4 Å². The number of hydrogen-bond donors (Lipinski definition) is 1. The molecule has 3 nitrogen and oxygen atoms in total. The van der Waals surface area contributed by atoms with Crippen molar-refractivity contribution in [3.05, 3.63) is 107 Å². The molecule has 1 N–H and O–H groups in total. The van der Waals surface area contributed by atoms with E-state index >= 15 is 0 Å². The molecule has 160 valence electrons. The molecule has 0 fully saturated rings. The van der Waals surface area contributed by atoms with E-state index in [1.165, 1.54) is 11.6 Å². The summed E-state index contributed by atoms with van der Waals surface area (Å²) < 4.78 is 25.3. The lowest BCUT2D eigenvalue weighted by Gasteiger charge is -2.16. The zero-order chi connectivity index (χ0) is 20.8. The van der Waals surface area contributed by atoms with Gasteiger partial charge in [0.2, 0.25) is 0 Å². The van der Waals surface area contributed by atoms with Crippen LogP contribution in [0.2, 0.25) is 0 Å². The maximum absolute atomic E-state index is 14.0. The average Bonchev–Trinajstić information content (AvgIpc) is 2.79. The number of rotatable bonds is 8. The smallest absolute Gasteiger partial charge is 0.129 e. The van der Waals surface area contributed by atoms with Gasteiger partial charge in [-0.05, 0) is 40.6 Å². The van der Waals surface area contributed by atoms with Crippen molar-refractivity contribution in [2.24, 2.45) is 0 Å². The largest absolute Gasteiger partial charge is 0.497 e. The lowest BCUT2D eigenvalue weighted by Crippen LogP contribution is -2.14. The Morgan fingerprint density at radius 3 is 2.32 bits per heavy atom. The van der Waals surface area contributed by atoms with E-state index in [2.05, 4.69) is 17.4 Å². The fourth-order valence-corrected chi connectivity index (χ4v) is 3.48. The summed E-state index contributed by atoms with van der Waals surface area (Å²) in [5, 5.41) is 5.78. The van der Waals surface area contributed by atoms with E-state index in [0.29, 0.717) is 12.1 Å². The highest BCUT2D eigenvalue weighted by atomic mass is 35.5. The Bertz CT molecular complexity index is 1130. The molecule has 0 spiro atoms. The summed E-state index contributed by atoms with van der Waals surface area (Å²) in [6.45, 7) is 1.55. The fraction of sp³-hybridized carbons (Fsp3) is 0.154. The van der Waals surface area contributed by atoms with Gasteiger partial charge in [0.25, 0.3) is 0 Å². The zero-order valence-corrected chi connectivity index (χ0v) is 18.1. The van der Waals surface area contributed by atoms with Gasteiger partial charge in [-0.2, -0.15) is 0 Å². The molecule has 31 heavy (non-hydrogen) atoms. The second-order valence-electron chi connectivity index (χ2n) is 7.10. The molecule has 4 rings (SSSR count). The first kappa shape index (κ1) is 22.6. The van der Waals surface area contributed by atoms with Crippen LogP contribution in [0.3, 0.4) is 0 Å². The van der Waals surface area contributed by atoms with Crippen molar-refractivity contribution in [3.63, 3.8) is 0 Å². The summed E-state index contributed by atoms with van der Waals surface area (Å²) in [5.41, 5.74) is 2.78. The Labute approximate surface area is 188 Å². The van der Waals surface area contributed by atoms with Crippen molar-refractivity contribution >= 4 is 23.2 Å². The number of halogens is 2. The summed E-state index contributed by atoms with van der Waals surface area (Å²) in [4.78, 5) is 0. The number of methoxy groups -OCH3 is 1. The first-order valence-electron chi connectivity index (χ1n) is 9.95. The third kappa shape index (κ3) is 5.54. The first-order chi connectivity index (χ1) is 14.7. The Kier molecular flexibility index (Phi) is 7.88. The number of fused-ring (bicyclic) bond motifs is 1. The van der Waals surface area contributed by atoms with E-state index in [9.17, 15) is 4.39 Å². The monoisotopic (exact) mass is 437 g/mol. The SMILES string of the molecule is COc1ccc(CNCc2c(OCc3ccccc3F)ccc3ccccc23)cc1.Cl. The Hall–Kier alpha value is -3.08. The summed E-state index contributed by atoms with van der Waals surface area (Å²) in [6, 6.07) is 26.9. The molecule has 0 aliphatic carbocycles. The molecule has 0 saturated carbocycles. The molecule has 0 heterocycles. The minimum atomic E-state index is -0.252. The van der Waals surface area contributed by atoms with E-state index in [4.69, 9.17) is 9.47 Å². The highest BCUT2D eigenvalue weighted by Gasteiger charge is 2.10. The van der Waals surface area contributed by atoms with Crippen LogP contribution in [-0.2, 0) is 19.7 Å². The summed E-state index contributed by atoms with van der Waals surface area (Å²) in [5.74, 6) is 1.35. The summed E-state index contributed by atoms with van der Waals surface area (Å²) in [6.07, 6.45) is 0. The minimum absolute atomic E-state index is 0. The first-order valence-corrected chi connectivity index (χ1v) is 9.95. The molecule has 4 aromatic carbocycles. The van der Waals surface area contributed by atoms with Crippen LogP contribution < -0.4 is 14.8 Å². The summed E-state index contributed by atoms with van der Waals surface area (Å²) >= 11 is 0. The molecule has 0 aliphatic rings. The zero-order valence-electron chi connectivity index (χ0n) is 17.3. The van der Waals surface area contributed by atoms with Crippen molar-refractivity contribution in [2.75, 3.05) is 7.11 Å². The van der Waals surface area contributed by atoms with Gasteiger partial charge < -0.3 is 14.8 Å². The van der Waals surface area contributed by atoms with Crippen LogP contribution >= 0.6 is 12.4 Å². The average molecular weight is 438 g/mol. The van der Waals surface area contributed by atoms with Gasteiger partial charge in [-0.25, -0.2) is 4.39 Å².